The van der Waals surface area contributed by atoms with Crippen LogP contribution in [0.5, 0.6) is 0 Å². The van der Waals surface area contributed by atoms with Gasteiger partial charge >= 0.3 is 5.97 Å². The van der Waals surface area contributed by atoms with Crippen LogP contribution in [0.2, 0.25) is 0 Å². The van der Waals surface area contributed by atoms with E-state index >= 15 is 0 Å². The maximum atomic E-state index is 10.3. The molecule has 0 aromatic heterocycles. The van der Waals surface area contributed by atoms with Crippen molar-refractivity contribution in [3.05, 3.63) is 24.3 Å². The molecule has 0 bridgehead atoms. The molecule has 0 aliphatic carbocycles. The van der Waals surface area contributed by atoms with Gasteiger partial charge in [-0.15, -0.1) is 0 Å². The molecule has 0 heterocycles. The van der Waals surface area contributed by atoms with Crippen LogP contribution in [0.25, 0.3) is 0 Å². The molecule has 0 aromatic carbocycles. The Kier molecular flexibility index (Phi) is 15.2. The summed E-state index contributed by atoms with van der Waals surface area (Å²) in [6.07, 6.45) is 22.3. The van der Waals surface area contributed by atoms with E-state index in [4.69, 9.17) is 5.11 Å². The maximum absolute atomic E-state index is 10.3. The number of carbonyl (C=O) groups is 1. The van der Waals surface area contributed by atoms with E-state index in [1.807, 2.05) is 0 Å². The Morgan fingerprint density at radius 2 is 1.25 bits per heavy atom. The molecular formula is C18H32O2. The molecular weight excluding hydrogens is 248 g/mol. The highest BCUT2D eigenvalue weighted by Gasteiger charge is 1.96. The van der Waals surface area contributed by atoms with Gasteiger partial charge in [-0.3, -0.25) is 4.79 Å². The smallest absolute Gasteiger partial charge is 0.303 e. The van der Waals surface area contributed by atoms with Gasteiger partial charge in [0.1, 0.15) is 0 Å². The van der Waals surface area contributed by atoms with Crippen molar-refractivity contribution >= 4 is 5.97 Å². The van der Waals surface area contributed by atoms with Crippen molar-refractivity contribution in [3.8, 4) is 0 Å². The topological polar surface area (TPSA) is 37.3 Å². The predicted octanol–water partition coefficient (Wildman–Crippen LogP) is 5.88. The monoisotopic (exact) mass is 280 g/mol. The van der Waals surface area contributed by atoms with Gasteiger partial charge in [0.2, 0.25) is 0 Å². The van der Waals surface area contributed by atoms with E-state index in [2.05, 4.69) is 31.2 Å². The third-order valence-corrected chi connectivity index (χ3v) is 3.32. The minimum Gasteiger partial charge on any atom is -0.481 e. The summed E-state index contributed by atoms with van der Waals surface area (Å²) in [4.78, 5) is 10.3. The zero-order valence-electron chi connectivity index (χ0n) is 13.2. The highest BCUT2D eigenvalue weighted by molar-refractivity contribution is 5.66. The Morgan fingerprint density at radius 3 is 1.85 bits per heavy atom. The number of carboxylic acid groups (broad SMARTS) is 1. The third-order valence-electron chi connectivity index (χ3n) is 3.32. The van der Waals surface area contributed by atoms with Crippen LogP contribution in [0.4, 0.5) is 0 Å². The second kappa shape index (κ2) is 16.0. The Balaban J connectivity index is 3.11. The van der Waals surface area contributed by atoms with E-state index < -0.39 is 5.97 Å². The van der Waals surface area contributed by atoms with Gasteiger partial charge < -0.3 is 5.11 Å². The van der Waals surface area contributed by atoms with Crippen molar-refractivity contribution < 1.29 is 9.90 Å². The Morgan fingerprint density at radius 1 is 0.750 bits per heavy atom. The van der Waals surface area contributed by atoms with E-state index in [0.717, 1.165) is 19.3 Å². The molecule has 0 aliphatic heterocycles. The van der Waals surface area contributed by atoms with Gasteiger partial charge in [-0.25, -0.2) is 0 Å². The van der Waals surface area contributed by atoms with Gasteiger partial charge in [0.25, 0.3) is 0 Å². The molecule has 0 spiro atoms. The van der Waals surface area contributed by atoms with Gasteiger partial charge in [0, 0.05) is 6.42 Å². The first-order valence-corrected chi connectivity index (χ1v) is 8.29. The van der Waals surface area contributed by atoms with E-state index in [9.17, 15) is 4.79 Å². The van der Waals surface area contributed by atoms with Crippen molar-refractivity contribution in [3.63, 3.8) is 0 Å². The quantitative estimate of drug-likeness (QED) is 0.318. The number of rotatable bonds is 14. The lowest BCUT2D eigenvalue weighted by Crippen LogP contribution is -1.93. The van der Waals surface area contributed by atoms with Gasteiger partial charge in [-0.05, 0) is 44.9 Å². The molecule has 2 nitrogen and oxygen atoms in total. The zero-order valence-corrected chi connectivity index (χ0v) is 13.2. The number of hydrogen-bond acceptors (Lipinski definition) is 1. The molecule has 0 aliphatic rings. The standard InChI is InChI=1S/C18H32O2/c1-2-3-4-5-6-7-8-9-10-11-12-13-14-15-16-17-18(19)20/h3-4,8-9H,2,5-7,10-17H2,1H3,(H,19,20)/b4-3+,9-8-. The molecule has 0 saturated carbocycles. The summed E-state index contributed by atoms with van der Waals surface area (Å²) in [5.74, 6) is -0.666. The average Bonchev–Trinajstić information content (AvgIpc) is 2.43. The van der Waals surface area contributed by atoms with E-state index in [1.165, 1.54) is 51.4 Å². The lowest BCUT2D eigenvalue weighted by molar-refractivity contribution is -0.137. The number of carboxylic acids is 1. The van der Waals surface area contributed by atoms with Crippen molar-refractivity contribution in [2.45, 2.75) is 84.0 Å². The first kappa shape index (κ1) is 18.9. The molecule has 0 unspecified atom stereocenters. The summed E-state index contributed by atoms with van der Waals surface area (Å²) in [6, 6.07) is 0. The average molecular weight is 280 g/mol. The Hall–Kier alpha value is -1.05. The van der Waals surface area contributed by atoms with Gasteiger partial charge in [-0.1, -0.05) is 56.9 Å². The second-order valence-electron chi connectivity index (χ2n) is 5.34. The molecule has 0 fully saturated rings. The predicted molar refractivity (Wildman–Crippen MR) is 87.0 cm³/mol. The molecule has 1 N–H and O–H groups in total. The van der Waals surface area contributed by atoms with Crippen LogP contribution in [-0.4, -0.2) is 11.1 Å². The molecule has 20 heavy (non-hydrogen) atoms. The van der Waals surface area contributed by atoms with Crippen molar-refractivity contribution in [1.82, 2.24) is 0 Å². The van der Waals surface area contributed by atoms with E-state index in [0.29, 0.717) is 6.42 Å². The van der Waals surface area contributed by atoms with Crippen LogP contribution < -0.4 is 0 Å². The summed E-state index contributed by atoms with van der Waals surface area (Å²) in [5.41, 5.74) is 0. The molecule has 0 aromatic rings. The van der Waals surface area contributed by atoms with Crippen LogP contribution in [0.3, 0.4) is 0 Å². The summed E-state index contributed by atoms with van der Waals surface area (Å²) in [6.45, 7) is 2.17. The Labute approximate surface area is 125 Å². The largest absolute Gasteiger partial charge is 0.481 e. The normalized spacial score (nSPS) is 11.7. The summed E-state index contributed by atoms with van der Waals surface area (Å²) < 4.78 is 0. The Bertz CT molecular complexity index is 267. The van der Waals surface area contributed by atoms with Crippen LogP contribution in [0.15, 0.2) is 24.3 Å². The lowest BCUT2D eigenvalue weighted by atomic mass is 10.1. The SMILES string of the molecule is CC/C=C/CCC/C=C\CCCCCCCCC(=O)O. The molecule has 0 radical (unpaired) electrons. The second-order valence-corrected chi connectivity index (χ2v) is 5.34. The summed E-state index contributed by atoms with van der Waals surface area (Å²) in [7, 11) is 0. The molecule has 0 rings (SSSR count). The third kappa shape index (κ3) is 16.9. The fourth-order valence-electron chi connectivity index (χ4n) is 2.12. The first-order chi connectivity index (χ1) is 9.77. The minimum absolute atomic E-state index is 0.330. The number of allylic oxidation sites excluding steroid dienone is 4. The minimum atomic E-state index is -0.666. The first-order valence-electron chi connectivity index (χ1n) is 8.29. The highest BCUT2D eigenvalue weighted by atomic mass is 16.4. The van der Waals surface area contributed by atoms with Crippen LogP contribution in [0.1, 0.15) is 84.0 Å². The van der Waals surface area contributed by atoms with Crippen LogP contribution in [-0.2, 0) is 4.79 Å². The molecule has 116 valence electrons. The number of aliphatic carboxylic acids is 1. The van der Waals surface area contributed by atoms with E-state index in [1.54, 1.807) is 0 Å². The van der Waals surface area contributed by atoms with Crippen molar-refractivity contribution in [2.24, 2.45) is 0 Å². The van der Waals surface area contributed by atoms with Crippen LogP contribution in [0, 0.1) is 0 Å². The van der Waals surface area contributed by atoms with Gasteiger partial charge in [0.05, 0.1) is 0 Å². The number of hydrogen-bond donors (Lipinski definition) is 1. The van der Waals surface area contributed by atoms with Gasteiger partial charge in [-0.2, -0.15) is 0 Å². The van der Waals surface area contributed by atoms with Crippen molar-refractivity contribution in [1.29, 1.82) is 0 Å². The highest BCUT2D eigenvalue weighted by Crippen LogP contribution is 2.09. The van der Waals surface area contributed by atoms with E-state index in [-0.39, 0.29) is 0 Å². The summed E-state index contributed by atoms with van der Waals surface area (Å²) >= 11 is 0. The zero-order chi connectivity index (χ0) is 14.9. The molecule has 0 amide bonds. The molecule has 0 saturated heterocycles. The fourth-order valence-corrected chi connectivity index (χ4v) is 2.12. The van der Waals surface area contributed by atoms with Crippen LogP contribution >= 0.6 is 0 Å². The number of unbranched alkanes of at least 4 members (excludes halogenated alkanes) is 8. The van der Waals surface area contributed by atoms with Gasteiger partial charge in [0.15, 0.2) is 0 Å². The molecule has 0 atom stereocenters. The lowest BCUT2D eigenvalue weighted by Gasteiger charge is -1.99. The summed E-state index contributed by atoms with van der Waals surface area (Å²) in [5, 5.41) is 8.51. The fraction of sp³-hybridized carbons (Fsp3) is 0.722. The molecule has 2 heteroatoms. The maximum Gasteiger partial charge on any atom is 0.303 e. The van der Waals surface area contributed by atoms with Crippen molar-refractivity contribution in [2.75, 3.05) is 0 Å².